The number of rotatable bonds is 8. The molecule has 0 aliphatic carbocycles. The van der Waals surface area contributed by atoms with Gasteiger partial charge in [0, 0.05) is 12.2 Å². The van der Waals surface area contributed by atoms with E-state index in [4.69, 9.17) is 18.9 Å². The number of esters is 2. The molecular formula is C29H32N2O7. The Bertz CT molecular complexity index is 1350. The number of hydrogen-bond donors (Lipinski definition) is 1. The molecular weight excluding hydrogens is 488 g/mol. The van der Waals surface area contributed by atoms with Crippen LogP contribution < -0.4 is 9.47 Å². The quantitative estimate of drug-likeness (QED) is 0.445. The van der Waals surface area contributed by atoms with Gasteiger partial charge in [-0.1, -0.05) is 30.3 Å². The van der Waals surface area contributed by atoms with E-state index in [-0.39, 0.29) is 18.2 Å². The second-order valence-electron chi connectivity index (χ2n) is 8.98. The van der Waals surface area contributed by atoms with Gasteiger partial charge in [0.2, 0.25) is 0 Å². The van der Waals surface area contributed by atoms with Gasteiger partial charge < -0.3 is 28.8 Å². The Kier molecular flexibility index (Phi) is 8.05. The van der Waals surface area contributed by atoms with Crippen LogP contribution in [0.15, 0.2) is 42.5 Å². The van der Waals surface area contributed by atoms with E-state index >= 15 is 0 Å². The summed E-state index contributed by atoms with van der Waals surface area (Å²) >= 11 is 0. The van der Waals surface area contributed by atoms with Gasteiger partial charge in [0.25, 0.3) is 5.91 Å². The van der Waals surface area contributed by atoms with Crippen LogP contribution in [-0.4, -0.2) is 61.7 Å². The largest absolute Gasteiger partial charge is 0.493 e. The van der Waals surface area contributed by atoms with Gasteiger partial charge in [-0.05, 0) is 61.6 Å². The zero-order chi connectivity index (χ0) is 27.4. The predicted octanol–water partition coefficient (Wildman–Crippen LogP) is 4.16. The fourth-order valence-electron chi connectivity index (χ4n) is 4.96. The molecule has 0 radical (unpaired) electrons. The van der Waals surface area contributed by atoms with Gasteiger partial charge in [-0.3, -0.25) is 4.79 Å². The van der Waals surface area contributed by atoms with Gasteiger partial charge in [-0.25, -0.2) is 9.59 Å². The summed E-state index contributed by atoms with van der Waals surface area (Å²) in [6, 6.07) is 13.1. The van der Waals surface area contributed by atoms with Crippen molar-refractivity contribution in [2.24, 2.45) is 0 Å². The maximum Gasteiger partial charge on any atom is 0.355 e. The fraction of sp³-hybridized carbons (Fsp3) is 0.345. The second kappa shape index (κ2) is 11.4. The average molecular weight is 521 g/mol. The number of methoxy groups -OCH3 is 2. The SMILES string of the molecule is CCOC(=O)c1c(C)[nH]c(C(=O)OCC(=O)N2CCc3cc(OC)c(OC)cc3C2c2ccccc2)c1C. The molecule has 4 rings (SSSR count). The molecule has 3 aromatic rings. The first-order valence-electron chi connectivity index (χ1n) is 12.4. The molecule has 0 saturated heterocycles. The van der Waals surface area contributed by atoms with Crippen LogP contribution in [-0.2, 0) is 20.7 Å². The lowest BCUT2D eigenvalue weighted by Gasteiger charge is -2.38. The molecule has 0 saturated carbocycles. The molecule has 1 aromatic heterocycles. The lowest BCUT2D eigenvalue weighted by Crippen LogP contribution is -2.42. The summed E-state index contributed by atoms with van der Waals surface area (Å²) in [5, 5.41) is 0. The number of fused-ring (bicyclic) bond motifs is 1. The number of ether oxygens (including phenoxy) is 4. The van der Waals surface area contributed by atoms with Crippen molar-refractivity contribution >= 4 is 17.8 Å². The maximum absolute atomic E-state index is 13.5. The lowest BCUT2D eigenvalue weighted by molar-refractivity contribution is -0.136. The third kappa shape index (κ3) is 5.09. The van der Waals surface area contributed by atoms with Crippen LogP contribution in [0.5, 0.6) is 11.5 Å². The molecule has 1 N–H and O–H groups in total. The van der Waals surface area contributed by atoms with Crippen molar-refractivity contribution < 1.29 is 33.3 Å². The van der Waals surface area contributed by atoms with E-state index in [2.05, 4.69) is 4.98 Å². The molecule has 0 spiro atoms. The first-order valence-corrected chi connectivity index (χ1v) is 12.4. The standard InChI is InChI=1S/C29H32N2O7/c1-6-37-28(33)25-17(2)26(30-18(25)3)29(34)38-16-24(32)31-13-12-20-14-22(35-4)23(36-5)15-21(20)27(31)19-10-8-7-9-11-19/h7-11,14-15,27,30H,6,12-13,16H2,1-5H3. The highest BCUT2D eigenvalue weighted by Gasteiger charge is 2.34. The van der Waals surface area contributed by atoms with Crippen molar-refractivity contribution in [1.82, 2.24) is 9.88 Å². The van der Waals surface area contributed by atoms with E-state index < -0.39 is 24.6 Å². The molecule has 0 bridgehead atoms. The normalized spacial score (nSPS) is 14.4. The number of aromatic amines is 1. The molecule has 1 aliphatic rings. The number of hydrogen-bond acceptors (Lipinski definition) is 7. The molecule has 0 fully saturated rings. The van der Waals surface area contributed by atoms with Gasteiger partial charge in [0.1, 0.15) is 5.69 Å². The molecule has 1 unspecified atom stereocenters. The van der Waals surface area contributed by atoms with Gasteiger partial charge in [0.05, 0.1) is 32.4 Å². The zero-order valence-corrected chi connectivity index (χ0v) is 22.3. The van der Waals surface area contributed by atoms with Gasteiger partial charge in [0.15, 0.2) is 18.1 Å². The Labute approximate surface area is 221 Å². The minimum atomic E-state index is -0.713. The Morgan fingerprint density at radius 2 is 1.66 bits per heavy atom. The monoisotopic (exact) mass is 520 g/mol. The van der Waals surface area contributed by atoms with E-state index in [0.717, 1.165) is 16.7 Å². The van der Waals surface area contributed by atoms with Gasteiger partial charge >= 0.3 is 11.9 Å². The Hall–Kier alpha value is -4.27. The number of nitrogens with zero attached hydrogens (tertiary/aromatic N) is 1. The molecule has 2 aromatic carbocycles. The summed E-state index contributed by atoms with van der Waals surface area (Å²) in [4.78, 5) is 43.3. The van der Waals surface area contributed by atoms with E-state index in [1.165, 1.54) is 0 Å². The summed E-state index contributed by atoms with van der Waals surface area (Å²) in [5.74, 6) is -0.360. The van der Waals surface area contributed by atoms with Crippen molar-refractivity contribution in [1.29, 1.82) is 0 Å². The minimum Gasteiger partial charge on any atom is -0.493 e. The average Bonchev–Trinajstić information content (AvgIpc) is 3.24. The highest BCUT2D eigenvalue weighted by molar-refractivity contribution is 5.99. The molecule has 1 amide bonds. The summed E-state index contributed by atoms with van der Waals surface area (Å²) < 4.78 is 21.5. The second-order valence-corrected chi connectivity index (χ2v) is 8.98. The molecule has 9 heteroatoms. The van der Waals surface area contributed by atoms with Crippen molar-refractivity contribution in [2.75, 3.05) is 34.0 Å². The number of H-pyrrole nitrogens is 1. The molecule has 200 valence electrons. The van der Waals surface area contributed by atoms with Gasteiger partial charge in [-0.2, -0.15) is 0 Å². The van der Waals surface area contributed by atoms with E-state index in [1.54, 1.807) is 39.9 Å². The Morgan fingerprint density at radius 3 is 2.32 bits per heavy atom. The van der Waals surface area contributed by atoms with Crippen LogP contribution in [0.25, 0.3) is 0 Å². The predicted molar refractivity (Wildman–Crippen MR) is 140 cm³/mol. The van der Waals surface area contributed by atoms with Crippen LogP contribution in [0.3, 0.4) is 0 Å². The highest BCUT2D eigenvalue weighted by Crippen LogP contribution is 2.41. The van der Waals surface area contributed by atoms with Crippen LogP contribution in [0.2, 0.25) is 0 Å². The molecule has 1 aliphatic heterocycles. The molecule has 2 heterocycles. The van der Waals surface area contributed by atoms with E-state index in [0.29, 0.717) is 41.3 Å². The Morgan fingerprint density at radius 1 is 0.974 bits per heavy atom. The number of carbonyl (C=O) groups excluding carboxylic acids is 3. The number of carbonyl (C=O) groups is 3. The fourth-order valence-corrected chi connectivity index (χ4v) is 4.96. The molecule has 9 nitrogen and oxygen atoms in total. The Balaban J connectivity index is 1.58. The first kappa shape index (κ1) is 26.8. The summed E-state index contributed by atoms with van der Waals surface area (Å²) in [6.45, 7) is 5.24. The van der Waals surface area contributed by atoms with E-state index in [1.807, 2.05) is 42.5 Å². The van der Waals surface area contributed by atoms with Crippen molar-refractivity contribution in [3.63, 3.8) is 0 Å². The molecule has 1 atom stereocenters. The number of aryl methyl sites for hydroxylation is 1. The number of aromatic nitrogens is 1. The molecule has 38 heavy (non-hydrogen) atoms. The van der Waals surface area contributed by atoms with Crippen molar-refractivity contribution in [3.05, 3.63) is 81.7 Å². The summed E-state index contributed by atoms with van der Waals surface area (Å²) in [7, 11) is 3.17. The maximum atomic E-state index is 13.5. The van der Waals surface area contributed by atoms with Crippen LogP contribution in [0.1, 0.15) is 61.8 Å². The van der Waals surface area contributed by atoms with Crippen LogP contribution >= 0.6 is 0 Å². The summed E-state index contributed by atoms with van der Waals surface area (Å²) in [5.41, 5.74) is 4.26. The number of nitrogens with one attached hydrogen (secondary N) is 1. The number of amides is 1. The topological polar surface area (TPSA) is 107 Å². The third-order valence-electron chi connectivity index (χ3n) is 6.76. The van der Waals surface area contributed by atoms with E-state index in [9.17, 15) is 14.4 Å². The first-order chi connectivity index (χ1) is 18.3. The van der Waals surface area contributed by atoms with Crippen LogP contribution in [0, 0.1) is 13.8 Å². The third-order valence-corrected chi connectivity index (χ3v) is 6.76. The minimum absolute atomic E-state index is 0.124. The zero-order valence-electron chi connectivity index (χ0n) is 22.3. The van der Waals surface area contributed by atoms with Crippen LogP contribution in [0.4, 0.5) is 0 Å². The van der Waals surface area contributed by atoms with Crippen molar-refractivity contribution in [3.8, 4) is 11.5 Å². The lowest BCUT2D eigenvalue weighted by atomic mass is 9.87. The van der Waals surface area contributed by atoms with Gasteiger partial charge in [-0.15, -0.1) is 0 Å². The number of benzene rings is 2. The highest BCUT2D eigenvalue weighted by atomic mass is 16.5. The smallest absolute Gasteiger partial charge is 0.355 e. The van der Waals surface area contributed by atoms with Crippen molar-refractivity contribution in [2.45, 2.75) is 33.2 Å². The summed E-state index contributed by atoms with van der Waals surface area (Å²) in [6.07, 6.45) is 0.608.